The van der Waals surface area contributed by atoms with E-state index in [2.05, 4.69) is 97.0 Å². The molecule has 3 atom stereocenters. The van der Waals surface area contributed by atoms with Gasteiger partial charge in [-0.2, -0.15) is 0 Å². The molecule has 0 amide bonds. The Balaban J connectivity index is 5.54. The fraction of sp³-hybridized carbons (Fsp3) is 0.854. The van der Waals surface area contributed by atoms with Gasteiger partial charge < -0.3 is 18.2 Å². The van der Waals surface area contributed by atoms with Gasteiger partial charge in [0.15, 0.2) is 0 Å². The van der Waals surface area contributed by atoms with Gasteiger partial charge in [-0.1, -0.05) is 109 Å². The number of hydrogen-bond donors (Lipinski definition) is 0. The smallest absolute Gasteiger partial charge is 0.371 e. The maximum absolute atomic E-state index is 7.03. The number of nitrogens with zero attached hydrogens (tertiary/aromatic N) is 1. The highest BCUT2D eigenvalue weighted by Crippen LogP contribution is 2.28. The lowest BCUT2D eigenvalue weighted by Gasteiger charge is -2.37. The molecular formula is C41H81NO3Si. The van der Waals surface area contributed by atoms with Crippen LogP contribution in [0.15, 0.2) is 36.5 Å². The van der Waals surface area contributed by atoms with Gasteiger partial charge in [-0.3, -0.25) is 0 Å². The molecule has 0 aliphatic rings. The van der Waals surface area contributed by atoms with Crippen LogP contribution in [0.3, 0.4) is 0 Å². The molecule has 46 heavy (non-hydrogen) atoms. The molecule has 0 aromatic carbocycles. The average molecular weight is 664 g/mol. The van der Waals surface area contributed by atoms with E-state index in [1.54, 1.807) is 0 Å². The van der Waals surface area contributed by atoms with Gasteiger partial charge in [-0.15, -0.1) is 0 Å². The maximum Gasteiger partial charge on any atom is 0.501 e. The van der Waals surface area contributed by atoms with E-state index in [1.165, 1.54) is 96.3 Å². The van der Waals surface area contributed by atoms with Gasteiger partial charge in [0.2, 0.25) is 0 Å². The zero-order chi connectivity index (χ0) is 34.1. The Morgan fingerprint density at radius 1 is 0.457 bits per heavy atom. The Hall–Kier alpha value is -0.723. The van der Waals surface area contributed by atoms with Gasteiger partial charge in [0, 0.05) is 24.4 Å². The van der Waals surface area contributed by atoms with E-state index in [9.17, 15) is 0 Å². The quantitative estimate of drug-likeness (QED) is 0.0389. The Morgan fingerprint density at radius 3 is 1.15 bits per heavy atom. The fourth-order valence-corrected chi connectivity index (χ4v) is 9.11. The van der Waals surface area contributed by atoms with Crippen LogP contribution < -0.4 is 0 Å². The van der Waals surface area contributed by atoms with Gasteiger partial charge >= 0.3 is 8.80 Å². The maximum atomic E-state index is 7.03. The average Bonchev–Trinajstić information content (AvgIpc) is 3.01. The number of unbranched alkanes of at least 4 members (excludes halogenated alkanes) is 12. The standard InChI is InChI=1S/C41H81NO3Si/c1-9-12-15-18-21-24-29-34-39(4)43-46(38-33-28-27-32-37-42(7)8,44-40(5)35-30-25-22-19-16-13-10-2)45-41(6)36-31-26-23-20-17-14-11-3/h21-26,39-41H,9-20,27-38H2,1-8H3/b24-21-,25-22-,26-23-/t39-,40-,41-/m0/s1. The lowest BCUT2D eigenvalue weighted by Crippen LogP contribution is -2.51. The van der Waals surface area contributed by atoms with Gasteiger partial charge in [-0.05, 0) is 131 Å². The predicted molar refractivity (Wildman–Crippen MR) is 207 cm³/mol. The molecule has 0 rings (SSSR count). The molecule has 0 N–H and O–H groups in total. The van der Waals surface area contributed by atoms with Crippen LogP contribution in [0, 0.1) is 0 Å². The van der Waals surface area contributed by atoms with Crippen LogP contribution in [-0.4, -0.2) is 52.7 Å². The molecule has 0 aromatic heterocycles. The molecule has 4 nitrogen and oxygen atoms in total. The van der Waals surface area contributed by atoms with Crippen LogP contribution in [0.5, 0.6) is 0 Å². The monoisotopic (exact) mass is 664 g/mol. The minimum atomic E-state index is -2.91. The lowest BCUT2D eigenvalue weighted by molar-refractivity contribution is -0.0134. The molecule has 0 saturated carbocycles. The second-order valence-electron chi connectivity index (χ2n) is 14.1. The molecule has 0 unspecified atom stereocenters. The molecule has 272 valence electrons. The van der Waals surface area contributed by atoms with Gasteiger partial charge in [-0.25, -0.2) is 0 Å². The van der Waals surface area contributed by atoms with E-state index in [0.29, 0.717) is 0 Å². The van der Waals surface area contributed by atoms with Crippen LogP contribution in [0.1, 0.15) is 183 Å². The zero-order valence-electron chi connectivity index (χ0n) is 32.3. The molecule has 0 radical (unpaired) electrons. The molecular weight excluding hydrogens is 583 g/mol. The molecule has 0 saturated heterocycles. The zero-order valence-corrected chi connectivity index (χ0v) is 33.3. The summed E-state index contributed by atoms with van der Waals surface area (Å²) in [5.41, 5.74) is 0. The van der Waals surface area contributed by atoms with Crippen molar-refractivity contribution in [1.29, 1.82) is 0 Å². The van der Waals surface area contributed by atoms with Gasteiger partial charge in [0.1, 0.15) is 0 Å². The molecule has 0 aromatic rings. The van der Waals surface area contributed by atoms with Crippen molar-refractivity contribution in [1.82, 2.24) is 4.90 Å². The van der Waals surface area contributed by atoms with E-state index in [1.807, 2.05) is 0 Å². The van der Waals surface area contributed by atoms with E-state index in [0.717, 1.165) is 57.5 Å². The van der Waals surface area contributed by atoms with Crippen LogP contribution in [0.2, 0.25) is 6.04 Å². The first kappa shape index (κ1) is 45.3. The first-order valence-corrected chi connectivity index (χ1v) is 21.8. The van der Waals surface area contributed by atoms with Crippen molar-refractivity contribution >= 4 is 8.80 Å². The summed E-state index contributed by atoms with van der Waals surface area (Å²) in [7, 11) is 1.42. The summed E-state index contributed by atoms with van der Waals surface area (Å²) in [5.74, 6) is 0. The minimum absolute atomic E-state index is 0.122. The summed E-state index contributed by atoms with van der Waals surface area (Å²) in [4.78, 5) is 2.29. The Bertz CT molecular complexity index is 644. The van der Waals surface area contributed by atoms with Gasteiger partial charge in [0.25, 0.3) is 0 Å². The third-order valence-corrected chi connectivity index (χ3v) is 11.9. The van der Waals surface area contributed by atoms with Gasteiger partial charge in [0.05, 0.1) is 0 Å². The van der Waals surface area contributed by atoms with Crippen molar-refractivity contribution < 1.29 is 13.3 Å². The van der Waals surface area contributed by atoms with Crippen molar-refractivity contribution in [2.75, 3.05) is 20.6 Å². The Morgan fingerprint density at radius 2 is 0.804 bits per heavy atom. The third kappa shape index (κ3) is 29.4. The molecule has 0 aliphatic carbocycles. The summed E-state index contributed by atoms with van der Waals surface area (Å²) in [6.45, 7) is 14.7. The van der Waals surface area contributed by atoms with Crippen molar-refractivity contribution in [2.45, 2.75) is 207 Å². The number of rotatable bonds is 34. The molecule has 5 heteroatoms. The van der Waals surface area contributed by atoms with Crippen molar-refractivity contribution in [3.05, 3.63) is 36.5 Å². The van der Waals surface area contributed by atoms with Crippen LogP contribution >= 0.6 is 0 Å². The SMILES string of the molecule is CCCCC/C=C\CC[C@H](C)O[Si](CCCCCCN(C)C)(O[C@@H](C)CC/C=C\CCCCC)O[C@@H](C)CC/C=C\CCCCC. The van der Waals surface area contributed by atoms with Crippen molar-refractivity contribution in [3.8, 4) is 0 Å². The first-order valence-electron chi connectivity index (χ1n) is 19.9. The van der Waals surface area contributed by atoms with Crippen molar-refractivity contribution in [2.24, 2.45) is 0 Å². The van der Waals surface area contributed by atoms with E-state index in [-0.39, 0.29) is 18.3 Å². The third-order valence-electron chi connectivity index (χ3n) is 8.62. The van der Waals surface area contributed by atoms with Crippen LogP contribution in [0.4, 0.5) is 0 Å². The van der Waals surface area contributed by atoms with Crippen LogP contribution in [0.25, 0.3) is 0 Å². The lowest BCUT2D eigenvalue weighted by atomic mass is 10.1. The molecule has 0 spiro atoms. The Kier molecular flexibility index (Phi) is 32.3. The normalized spacial score (nSPS) is 14.8. The highest BCUT2D eigenvalue weighted by Gasteiger charge is 2.45. The predicted octanol–water partition coefficient (Wildman–Crippen LogP) is 13.0. The summed E-state index contributed by atoms with van der Waals surface area (Å²) < 4.78 is 21.1. The summed E-state index contributed by atoms with van der Waals surface area (Å²) >= 11 is 0. The topological polar surface area (TPSA) is 30.9 Å². The highest BCUT2D eigenvalue weighted by atomic mass is 28.4. The molecule has 0 fully saturated rings. The number of hydrogen-bond acceptors (Lipinski definition) is 4. The highest BCUT2D eigenvalue weighted by molar-refractivity contribution is 6.60. The van der Waals surface area contributed by atoms with E-state index in [4.69, 9.17) is 13.3 Å². The minimum Gasteiger partial charge on any atom is -0.371 e. The fourth-order valence-electron chi connectivity index (χ4n) is 5.72. The Labute approximate surface area is 290 Å². The van der Waals surface area contributed by atoms with Crippen LogP contribution in [-0.2, 0) is 13.3 Å². The largest absolute Gasteiger partial charge is 0.501 e. The summed E-state index contributed by atoms with van der Waals surface area (Å²) in [6.07, 6.45) is 40.8. The first-order chi connectivity index (χ1) is 22.3. The van der Waals surface area contributed by atoms with E-state index < -0.39 is 8.80 Å². The van der Waals surface area contributed by atoms with Crippen molar-refractivity contribution in [3.63, 3.8) is 0 Å². The second kappa shape index (κ2) is 32.8. The second-order valence-corrected chi connectivity index (χ2v) is 16.6. The summed E-state index contributed by atoms with van der Waals surface area (Å²) in [5, 5.41) is 0. The molecule has 0 bridgehead atoms. The molecule has 0 heterocycles. The van der Waals surface area contributed by atoms with E-state index >= 15 is 0 Å². The summed E-state index contributed by atoms with van der Waals surface area (Å²) in [6, 6.07) is 0.917. The molecule has 0 aliphatic heterocycles. The number of allylic oxidation sites excluding steroid dienone is 6.